The van der Waals surface area contributed by atoms with Gasteiger partial charge in [-0.1, -0.05) is 24.8 Å². The van der Waals surface area contributed by atoms with Crippen LogP contribution in [0.1, 0.15) is 23.6 Å². The molecule has 1 aliphatic rings. The van der Waals surface area contributed by atoms with E-state index in [1.54, 1.807) is 19.4 Å². The highest BCUT2D eigenvalue weighted by Gasteiger charge is 2.05. The molecule has 1 aromatic rings. The van der Waals surface area contributed by atoms with E-state index >= 15 is 0 Å². The molecule has 2 rings (SSSR count). The Hall–Kier alpha value is -2.29. The predicted molar refractivity (Wildman–Crippen MR) is 75.1 cm³/mol. The van der Waals surface area contributed by atoms with E-state index in [9.17, 15) is 4.79 Å². The lowest BCUT2D eigenvalue weighted by Crippen LogP contribution is -2.08. The summed E-state index contributed by atoms with van der Waals surface area (Å²) in [5.41, 5.74) is 3.74. The van der Waals surface area contributed by atoms with Crippen LogP contribution in [0, 0.1) is 0 Å². The van der Waals surface area contributed by atoms with E-state index in [4.69, 9.17) is 9.47 Å². The molecule has 0 saturated heterocycles. The van der Waals surface area contributed by atoms with Gasteiger partial charge in [-0.05, 0) is 35.8 Å². The molecular formula is C16H16O3. The van der Waals surface area contributed by atoms with Gasteiger partial charge in [0.1, 0.15) is 0 Å². The fourth-order valence-corrected chi connectivity index (χ4v) is 1.73. The number of fused-ring (bicyclic) bond motifs is 1. The summed E-state index contributed by atoms with van der Waals surface area (Å²) in [5, 5.41) is 0. The molecule has 98 valence electrons. The van der Waals surface area contributed by atoms with Crippen LogP contribution in [0.25, 0.3) is 12.2 Å². The maximum Gasteiger partial charge on any atom is 0.333 e. The molecule has 3 nitrogen and oxygen atoms in total. The quantitative estimate of drug-likeness (QED) is 0.612. The van der Waals surface area contributed by atoms with Gasteiger partial charge in [-0.2, -0.15) is 0 Å². The van der Waals surface area contributed by atoms with E-state index in [0.717, 1.165) is 16.7 Å². The molecule has 0 amide bonds. The van der Waals surface area contributed by atoms with Crippen LogP contribution in [0.15, 0.2) is 42.9 Å². The Kier molecular flexibility index (Phi) is 4.18. The number of hydrogen-bond donors (Lipinski definition) is 0. The minimum atomic E-state index is -0.342. The monoisotopic (exact) mass is 256 g/mol. The van der Waals surface area contributed by atoms with Crippen LogP contribution in [-0.4, -0.2) is 12.6 Å². The minimum absolute atomic E-state index is 0.342. The molecule has 1 aromatic carbocycles. The molecule has 0 unspecified atom stereocenters. The van der Waals surface area contributed by atoms with Crippen LogP contribution >= 0.6 is 0 Å². The fraction of sp³-hybridized carbons (Fsp3) is 0.188. The van der Waals surface area contributed by atoms with Crippen LogP contribution in [-0.2, 0) is 20.7 Å². The predicted octanol–water partition coefficient (Wildman–Crippen LogP) is 3.32. The number of ether oxygens (including phenoxy) is 2. The van der Waals surface area contributed by atoms with Crippen LogP contribution in [0.4, 0.5) is 0 Å². The van der Waals surface area contributed by atoms with Crippen molar-refractivity contribution in [1.82, 2.24) is 0 Å². The molecule has 1 heterocycles. The number of carbonyl (C=O) groups is 1. The van der Waals surface area contributed by atoms with Crippen LogP contribution in [0.2, 0.25) is 0 Å². The molecule has 19 heavy (non-hydrogen) atoms. The molecular weight excluding hydrogens is 240 g/mol. The van der Waals surface area contributed by atoms with Gasteiger partial charge in [0.15, 0.2) is 0 Å². The van der Waals surface area contributed by atoms with Gasteiger partial charge >= 0.3 is 5.97 Å². The molecule has 0 aliphatic carbocycles. The normalized spacial score (nSPS) is 12.3. The van der Waals surface area contributed by atoms with Crippen molar-refractivity contribution in [3.05, 3.63) is 59.6 Å². The van der Waals surface area contributed by atoms with Crippen molar-refractivity contribution < 1.29 is 14.3 Å². The molecule has 1 aliphatic heterocycles. The number of rotatable bonds is 4. The summed E-state index contributed by atoms with van der Waals surface area (Å²) < 4.78 is 10.2. The van der Waals surface area contributed by atoms with E-state index in [2.05, 4.69) is 12.6 Å². The lowest BCUT2D eigenvalue weighted by atomic mass is 10.0. The van der Waals surface area contributed by atoms with Gasteiger partial charge in [-0.15, -0.1) is 0 Å². The smallest absolute Gasteiger partial charge is 0.333 e. The highest BCUT2D eigenvalue weighted by atomic mass is 16.5. The molecule has 0 saturated carbocycles. The van der Waals surface area contributed by atoms with E-state index in [1.807, 2.05) is 24.3 Å². The first-order valence-electron chi connectivity index (χ1n) is 6.11. The first-order valence-corrected chi connectivity index (χ1v) is 6.11. The second-order valence-corrected chi connectivity index (χ2v) is 4.37. The Bertz CT molecular complexity index is 553. The van der Waals surface area contributed by atoms with Crippen molar-refractivity contribution in [2.24, 2.45) is 0 Å². The second-order valence-electron chi connectivity index (χ2n) is 4.37. The van der Waals surface area contributed by atoms with Crippen molar-refractivity contribution in [3.63, 3.8) is 0 Å². The maximum atomic E-state index is 11.3. The summed E-state index contributed by atoms with van der Waals surface area (Å²) in [4.78, 5) is 11.3. The Morgan fingerprint density at radius 2 is 2.00 bits per heavy atom. The number of esters is 1. The molecule has 0 aromatic heterocycles. The zero-order valence-electron chi connectivity index (χ0n) is 10.9. The van der Waals surface area contributed by atoms with Gasteiger partial charge in [-0.25, -0.2) is 4.79 Å². The maximum absolute atomic E-state index is 11.3. The summed E-state index contributed by atoms with van der Waals surface area (Å²) in [6.07, 6.45) is 7.81. The van der Waals surface area contributed by atoms with Crippen molar-refractivity contribution in [3.8, 4) is 0 Å². The van der Waals surface area contributed by atoms with Gasteiger partial charge in [0.2, 0.25) is 0 Å². The SMILES string of the molecule is C=C(C)C(=O)OCCc1ccc2c(c1)C=COC=C2. The molecule has 0 fully saturated rings. The standard InChI is InChI=1S/C16H16O3/c1-12(2)16(17)19-10-5-13-3-4-14-6-8-18-9-7-15(14)11-13/h3-4,6-9,11H,1,5,10H2,2H3. The molecule has 0 radical (unpaired) electrons. The highest BCUT2D eigenvalue weighted by molar-refractivity contribution is 5.86. The van der Waals surface area contributed by atoms with Gasteiger partial charge in [-0.3, -0.25) is 0 Å². The molecule has 0 bridgehead atoms. The van der Waals surface area contributed by atoms with Crippen molar-refractivity contribution in [2.75, 3.05) is 6.61 Å². The Morgan fingerprint density at radius 1 is 1.26 bits per heavy atom. The zero-order chi connectivity index (χ0) is 13.7. The summed E-state index contributed by atoms with van der Waals surface area (Å²) in [6.45, 7) is 5.55. The number of carbonyl (C=O) groups excluding carboxylic acids is 1. The third-order valence-electron chi connectivity index (χ3n) is 2.78. The largest absolute Gasteiger partial charge is 0.473 e. The first-order chi connectivity index (χ1) is 9.16. The Balaban J connectivity index is 1.99. The molecule has 0 spiro atoms. The molecule has 0 atom stereocenters. The average molecular weight is 256 g/mol. The van der Waals surface area contributed by atoms with Gasteiger partial charge in [0.05, 0.1) is 19.1 Å². The topological polar surface area (TPSA) is 35.5 Å². The van der Waals surface area contributed by atoms with Crippen molar-refractivity contribution in [2.45, 2.75) is 13.3 Å². The summed E-state index contributed by atoms with van der Waals surface area (Å²) in [6, 6.07) is 6.12. The lowest BCUT2D eigenvalue weighted by molar-refractivity contribution is -0.138. The highest BCUT2D eigenvalue weighted by Crippen LogP contribution is 2.18. The Labute approximate surface area is 112 Å². The van der Waals surface area contributed by atoms with Gasteiger partial charge in [0.25, 0.3) is 0 Å². The summed E-state index contributed by atoms with van der Waals surface area (Å²) in [5.74, 6) is -0.342. The van der Waals surface area contributed by atoms with Crippen molar-refractivity contribution >= 4 is 18.1 Å². The average Bonchev–Trinajstić information content (AvgIpc) is 2.63. The van der Waals surface area contributed by atoms with Gasteiger partial charge < -0.3 is 9.47 Å². The fourth-order valence-electron chi connectivity index (χ4n) is 1.73. The van der Waals surface area contributed by atoms with E-state index in [1.165, 1.54) is 0 Å². The Morgan fingerprint density at radius 3 is 2.74 bits per heavy atom. The summed E-state index contributed by atoms with van der Waals surface area (Å²) in [7, 11) is 0. The number of hydrogen-bond acceptors (Lipinski definition) is 3. The minimum Gasteiger partial charge on any atom is -0.473 e. The zero-order valence-corrected chi connectivity index (χ0v) is 10.9. The van der Waals surface area contributed by atoms with Crippen molar-refractivity contribution in [1.29, 1.82) is 0 Å². The third-order valence-corrected chi connectivity index (χ3v) is 2.78. The molecule has 0 N–H and O–H groups in total. The molecule has 3 heteroatoms. The second kappa shape index (κ2) is 6.05. The first kappa shape index (κ1) is 13.1. The van der Waals surface area contributed by atoms with Crippen LogP contribution < -0.4 is 0 Å². The van der Waals surface area contributed by atoms with E-state index < -0.39 is 0 Å². The summed E-state index contributed by atoms with van der Waals surface area (Å²) >= 11 is 0. The van der Waals surface area contributed by atoms with Gasteiger partial charge in [0, 0.05) is 12.0 Å². The lowest BCUT2D eigenvalue weighted by Gasteiger charge is -2.06. The van der Waals surface area contributed by atoms with E-state index in [0.29, 0.717) is 18.6 Å². The van der Waals surface area contributed by atoms with Crippen LogP contribution in [0.5, 0.6) is 0 Å². The number of benzene rings is 1. The third kappa shape index (κ3) is 3.58. The van der Waals surface area contributed by atoms with E-state index in [-0.39, 0.29) is 5.97 Å². The van der Waals surface area contributed by atoms with Crippen LogP contribution in [0.3, 0.4) is 0 Å².